The lowest BCUT2D eigenvalue weighted by Crippen LogP contribution is -2.44. The minimum atomic E-state index is -5.10. The molecule has 0 aliphatic rings. The Morgan fingerprint density at radius 2 is 1.67 bits per heavy atom. The van der Waals surface area contributed by atoms with Crippen molar-refractivity contribution in [3.63, 3.8) is 0 Å². The zero-order valence-corrected chi connectivity index (χ0v) is 17.0. The van der Waals surface area contributed by atoms with Crippen LogP contribution in [-0.4, -0.2) is 36.0 Å². The smallest absolute Gasteiger partial charge is 0.383 e. The third-order valence-electron chi connectivity index (χ3n) is 4.63. The summed E-state index contributed by atoms with van der Waals surface area (Å²) in [4.78, 5) is 12.5. The number of nitrogen functional groups attached to an aromatic ring is 1. The van der Waals surface area contributed by atoms with Gasteiger partial charge in [-0.25, -0.2) is 15.0 Å². The summed E-state index contributed by atoms with van der Waals surface area (Å²) in [5.41, 5.74) is 3.51. The zero-order chi connectivity index (χ0) is 21.8. The first-order chi connectivity index (χ1) is 14.0. The fraction of sp³-hybridized carbons (Fsp3) is 0.263. The highest BCUT2D eigenvalue weighted by Crippen LogP contribution is 2.49. The summed E-state index contributed by atoms with van der Waals surface area (Å²) >= 11 is 0.748. The molecule has 7 nitrogen and oxygen atoms in total. The second kappa shape index (κ2) is 6.74. The number of rotatable bonds is 3. The lowest BCUT2D eigenvalue weighted by molar-refractivity contribution is -0.248. The van der Waals surface area contributed by atoms with Crippen molar-refractivity contribution >= 4 is 27.4 Å². The summed E-state index contributed by atoms with van der Waals surface area (Å²) in [5, 5.41) is 14.6. The molecule has 3 aromatic heterocycles. The van der Waals surface area contributed by atoms with E-state index in [1.54, 1.807) is 44.2 Å². The summed E-state index contributed by atoms with van der Waals surface area (Å²) in [6, 6.07) is 8.27. The number of alkyl halides is 3. The van der Waals surface area contributed by atoms with Gasteiger partial charge >= 0.3 is 6.18 Å². The van der Waals surface area contributed by atoms with Gasteiger partial charge in [0.05, 0.1) is 21.5 Å². The summed E-state index contributed by atoms with van der Waals surface area (Å²) in [7, 11) is 0. The topological polar surface area (TPSA) is 103 Å². The molecule has 0 fully saturated rings. The Kier molecular flexibility index (Phi) is 4.55. The number of hydrogen-bond acceptors (Lipinski definition) is 7. The van der Waals surface area contributed by atoms with Gasteiger partial charge in [0, 0.05) is 11.4 Å². The van der Waals surface area contributed by atoms with E-state index in [2.05, 4.69) is 20.1 Å². The summed E-state index contributed by atoms with van der Waals surface area (Å²) in [5.74, 6) is -0.384. The molecule has 0 radical (unpaired) electrons. The van der Waals surface area contributed by atoms with Gasteiger partial charge < -0.3 is 10.8 Å². The van der Waals surface area contributed by atoms with E-state index in [9.17, 15) is 18.3 Å². The number of aliphatic hydroxyl groups is 1. The Bertz CT molecular complexity index is 1210. The molecule has 30 heavy (non-hydrogen) atoms. The molecule has 0 saturated carbocycles. The molecule has 11 heteroatoms. The van der Waals surface area contributed by atoms with Crippen LogP contribution in [-0.2, 0) is 5.60 Å². The Hall–Kier alpha value is -3.05. The molecule has 4 rings (SSSR count). The second-order valence-corrected chi connectivity index (χ2v) is 7.93. The summed E-state index contributed by atoms with van der Waals surface area (Å²) in [6.07, 6.45) is -5.10. The van der Waals surface area contributed by atoms with Gasteiger partial charge in [-0.1, -0.05) is 12.1 Å². The first-order valence-corrected chi connectivity index (χ1v) is 9.67. The molecule has 0 spiro atoms. The van der Waals surface area contributed by atoms with Crippen molar-refractivity contribution in [2.45, 2.75) is 32.5 Å². The number of fused-ring (bicyclic) bond motifs is 1. The van der Waals surface area contributed by atoms with Gasteiger partial charge in [-0.3, -0.25) is 0 Å². The number of halogens is 3. The number of hydrogen-bond donors (Lipinski definition) is 2. The number of thiazole rings is 1. The predicted octanol–water partition coefficient (Wildman–Crippen LogP) is 3.58. The standard InChI is InChI=1S/C19H17F3N6OS/c1-9-8-10(2)25-17(24-9)28-15(23)14(11(3)27-28)18(29,19(20,21)22)16-26-12-6-4-5-7-13(12)30-16/h4-8,29H,23H2,1-3H3. The SMILES string of the molecule is Cc1cc(C)nc(-n2nc(C)c(C(O)(c3nc4ccccc4s3)C(F)(F)F)c2N)n1. The van der Waals surface area contributed by atoms with Gasteiger partial charge in [0.1, 0.15) is 10.8 Å². The second-order valence-electron chi connectivity index (χ2n) is 6.90. The highest BCUT2D eigenvalue weighted by molar-refractivity contribution is 7.18. The van der Waals surface area contributed by atoms with Crippen molar-refractivity contribution in [1.82, 2.24) is 24.7 Å². The third-order valence-corrected chi connectivity index (χ3v) is 5.78. The van der Waals surface area contributed by atoms with Crippen molar-refractivity contribution < 1.29 is 18.3 Å². The average Bonchev–Trinajstić information content (AvgIpc) is 3.20. The van der Waals surface area contributed by atoms with Gasteiger partial charge in [-0.2, -0.15) is 23.0 Å². The Labute approximate surface area is 173 Å². The van der Waals surface area contributed by atoms with Gasteiger partial charge in [0.25, 0.3) is 5.95 Å². The van der Waals surface area contributed by atoms with E-state index in [1.165, 1.54) is 6.92 Å². The molecule has 0 aliphatic carbocycles. The number of aryl methyl sites for hydroxylation is 3. The normalized spacial score (nSPS) is 14.2. The molecule has 1 aromatic carbocycles. The molecule has 156 valence electrons. The maximum absolute atomic E-state index is 14.3. The summed E-state index contributed by atoms with van der Waals surface area (Å²) < 4.78 is 44.4. The predicted molar refractivity (Wildman–Crippen MR) is 106 cm³/mol. The van der Waals surface area contributed by atoms with Crippen molar-refractivity contribution in [3.05, 3.63) is 58.0 Å². The van der Waals surface area contributed by atoms with Crippen LogP contribution in [0.25, 0.3) is 16.2 Å². The van der Waals surface area contributed by atoms with Crippen LogP contribution in [0.3, 0.4) is 0 Å². The molecular formula is C19H17F3N6OS. The van der Waals surface area contributed by atoms with Gasteiger partial charge in [-0.05, 0) is 39.0 Å². The maximum Gasteiger partial charge on any atom is 0.428 e. The average molecular weight is 434 g/mol. The van der Waals surface area contributed by atoms with Crippen LogP contribution in [0, 0.1) is 20.8 Å². The molecule has 1 atom stereocenters. The van der Waals surface area contributed by atoms with Crippen LogP contribution in [0.5, 0.6) is 0 Å². The van der Waals surface area contributed by atoms with Gasteiger partial charge in [0.2, 0.25) is 5.60 Å². The zero-order valence-electron chi connectivity index (χ0n) is 16.2. The van der Waals surface area contributed by atoms with E-state index in [-0.39, 0.29) is 11.6 Å². The molecule has 0 amide bonds. The molecule has 4 aromatic rings. The molecule has 0 aliphatic heterocycles. The highest BCUT2D eigenvalue weighted by Gasteiger charge is 2.61. The molecule has 3 heterocycles. The third kappa shape index (κ3) is 3.01. The molecular weight excluding hydrogens is 417 g/mol. The molecule has 3 N–H and O–H groups in total. The Balaban J connectivity index is 1.98. The fourth-order valence-corrected chi connectivity index (χ4v) is 4.43. The van der Waals surface area contributed by atoms with E-state index in [0.717, 1.165) is 16.0 Å². The van der Waals surface area contributed by atoms with Crippen molar-refractivity contribution in [2.75, 3.05) is 5.73 Å². The van der Waals surface area contributed by atoms with E-state index in [1.807, 2.05) is 0 Å². The first-order valence-electron chi connectivity index (χ1n) is 8.85. The number of para-hydroxylation sites is 1. The van der Waals surface area contributed by atoms with E-state index in [4.69, 9.17) is 5.73 Å². The summed E-state index contributed by atoms with van der Waals surface area (Å²) in [6.45, 7) is 4.78. The largest absolute Gasteiger partial charge is 0.428 e. The highest BCUT2D eigenvalue weighted by atomic mass is 32.1. The quantitative estimate of drug-likeness (QED) is 0.511. The number of aromatic nitrogens is 5. The van der Waals surface area contributed by atoms with Crippen molar-refractivity contribution in [3.8, 4) is 5.95 Å². The Morgan fingerprint density at radius 3 is 2.27 bits per heavy atom. The fourth-order valence-electron chi connectivity index (χ4n) is 3.34. The van der Waals surface area contributed by atoms with Crippen LogP contribution in [0.2, 0.25) is 0 Å². The van der Waals surface area contributed by atoms with E-state index >= 15 is 0 Å². The van der Waals surface area contributed by atoms with Crippen LogP contribution in [0.15, 0.2) is 30.3 Å². The van der Waals surface area contributed by atoms with E-state index in [0.29, 0.717) is 21.6 Å². The van der Waals surface area contributed by atoms with Crippen LogP contribution >= 0.6 is 11.3 Å². The molecule has 1 unspecified atom stereocenters. The van der Waals surface area contributed by atoms with Crippen LogP contribution < -0.4 is 5.73 Å². The molecule has 0 bridgehead atoms. The molecule has 0 saturated heterocycles. The lowest BCUT2D eigenvalue weighted by atomic mass is 9.93. The minimum Gasteiger partial charge on any atom is -0.383 e. The van der Waals surface area contributed by atoms with Crippen molar-refractivity contribution in [1.29, 1.82) is 0 Å². The first kappa shape index (κ1) is 20.2. The van der Waals surface area contributed by atoms with Gasteiger partial charge in [-0.15, -0.1) is 11.3 Å². The lowest BCUT2D eigenvalue weighted by Gasteiger charge is -2.28. The van der Waals surface area contributed by atoms with Crippen LogP contribution in [0.1, 0.15) is 27.7 Å². The van der Waals surface area contributed by atoms with E-state index < -0.39 is 28.2 Å². The van der Waals surface area contributed by atoms with Crippen molar-refractivity contribution in [2.24, 2.45) is 0 Å². The maximum atomic E-state index is 14.3. The number of anilines is 1. The number of benzene rings is 1. The monoisotopic (exact) mass is 434 g/mol. The number of nitrogens with zero attached hydrogens (tertiary/aromatic N) is 5. The Morgan fingerprint density at radius 1 is 1.03 bits per heavy atom. The number of nitrogens with two attached hydrogens (primary N) is 1. The van der Waals surface area contributed by atoms with Gasteiger partial charge in [0.15, 0.2) is 0 Å². The minimum absolute atomic E-state index is 0.0215. The van der Waals surface area contributed by atoms with Crippen LogP contribution in [0.4, 0.5) is 19.0 Å².